The molecular weight excluding hydrogens is 416 g/mol. The van der Waals surface area contributed by atoms with Crippen LogP contribution in [0.25, 0.3) is 5.69 Å². The summed E-state index contributed by atoms with van der Waals surface area (Å²) in [6, 6.07) is 17.6. The number of benzene rings is 2. The van der Waals surface area contributed by atoms with Gasteiger partial charge in [-0.15, -0.1) is 10.2 Å². The smallest absolute Gasteiger partial charge is 0.328 e. The molecule has 1 N–H and O–H groups in total. The van der Waals surface area contributed by atoms with Crippen molar-refractivity contribution in [1.82, 2.24) is 24.9 Å². The van der Waals surface area contributed by atoms with Gasteiger partial charge in [0, 0.05) is 5.69 Å². The largest absolute Gasteiger partial charge is 0.485 e. The van der Waals surface area contributed by atoms with Crippen LogP contribution in [0, 0.1) is 13.8 Å². The quantitative estimate of drug-likeness (QED) is 0.418. The molecule has 158 valence electrons. The highest BCUT2D eigenvalue weighted by atomic mass is 32.2. The average molecular weight is 436 g/mol. The Morgan fingerprint density at radius 2 is 1.87 bits per heavy atom. The molecule has 0 saturated heterocycles. The summed E-state index contributed by atoms with van der Waals surface area (Å²) in [5.74, 6) is 1.68. The van der Waals surface area contributed by atoms with E-state index >= 15 is 0 Å². The van der Waals surface area contributed by atoms with E-state index in [-0.39, 0.29) is 24.3 Å². The van der Waals surface area contributed by atoms with Crippen LogP contribution < -0.4 is 10.1 Å². The molecule has 1 amide bonds. The van der Waals surface area contributed by atoms with Gasteiger partial charge in [-0.05, 0) is 37.6 Å². The highest BCUT2D eigenvalue weighted by molar-refractivity contribution is 7.99. The molecule has 0 saturated carbocycles. The molecule has 9 nitrogen and oxygen atoms in total. The molecule has 0 fully saturated rings. The normalized spacial score (nSPS) is 10.8. The number of anilines is 1. The second-order valence-electron chi connectivity index (χ2n) is 6.61. The molecule has 2 aromatic heterocycles. The van der Waals surface area contributed by atoms with Gasteiger partial charge in [-0.2, -0.15) is 4.98 Å². The summed E-state index contributed by atoms with van der Waals surface area (Å²) in [6.45, 7) is 3.90. The molecule has 0 aliphatic rings. The lowest BCUT2D eigenvalue weighted by molar-refractivity contribution is -0.114. The molecule has 0 spiro atoms. The van der Waals surface area contributed by atoms with Gasteiger partial charge in [-0.25, -0.2) is 0 Å². The summed E-state index contributed by atoms with van der Waals surface area (Å²) in [7, 11) is 0. The minimum atomic E-state index is -0.283. The van der Waals surface area contributed by atoms with Crippen molar-refractivity contribution < 1.29 is 14.1 Å². The van der Waals surface area contributed by atoms with Gasteiger partial charge >= 0.3 is 6.01 Å². The van der Waals surface area contributed by atoms with Crippen LogP contribution in [0.2, 0.25) is 0 Å². The fourth-order valence-corrected chi connectivity index (χ4v) is 3.59. The maximum atomic E-state index is 12.3. The van der Waals surface area contributed by atoms with Crippen molar-refractivity contribution in [3.63, 3.8) is 0 Å². The minimum Gasteiger partial charge on any atom is -0.485 e. The molecular formula is C21H20N6O3S. The van der Waals surface area contributed by atoms with E-state index in [1.807, 2.05) is 66.1 Å². The van der Waals surface area contributed by atoms with E-state index in [2.05, 4.69) is 25.7 Å². The molecule has 0 aliphatic heterocycles. The Balaban J connectivity index is 1.50. The predicted molar refractivity (Wildman–Crippen MR) is 115 cm³/mol. The molecule has 0 unspecified atom stereocenters. The Bertz CT molecular complexity index is 1170. The van der Waals surface area contributed by atoms with Gasteiger partial charge in [0.25, 0.3) is 0 Å². The van der Waals surface area contributed by atoms with E-state index in [1.54, 1.807) is 6.92 Å². The van der Waals surface area contributed by atoms with Gasteiger partial charge in [-0.1, -0.05) is 53.3 Å². The number of thioether (sulfide) groups is 1. The first-order valence-electron chi connectivity index (χ1n) is 9.51. The SMILES string of the molecule is Cc1noc(NC(=O)CSc2nnc(COc3ccccc3C)n2-c2ccccc2)n1. The number of rotatable bonds is 8. The third-order valence-electron chi connectivity index (χ3n) is 4.27. The predicted octanol–water partition coefficient (Wildman–Crippen LogP) is 3.58. The molecule has 2 heterocycles. The zero-order chi connectivity index (χ0) is 21.6. The van der Waals surface area contributed by atoms with E-state index in [4.69, 9.17) is 9.26 Å². The summed E-state index contributed by atoms with van der Waals surface area (Å²) < 4.78 is 12.8. The van der Waals surface area contributed by atoms with E-state index in [0.29, 0.717) is 16.8 Å². The molecule has 10 heteroatoms. The number of amides is 1. The number of aryl methyl sites for hydroxylation is 2. The van der Waals surface area contributed by atoms with Crippen LogP contribution >= 0.6 is 11.8 Å². The molecule has 4 aromatic rings. The number of hydrogen-bond acceptors (Lipinski definition) is 8. The van der Waals surface area contributed by atoms with Crippen LogP contribution in [0.3, 0.4) is 0 Å². The van der Waals surface area contributed by atoms with Crippen molar-refractivity contribution in [3.05, 3.63) is 71.8 Å². The van der Waals surface area contributed by atoms with Gasteiger partial charge in [0.15, 0.2) is 16.8 Å². The second-order valence-corrected chi connectivity index (χ2v) is 7.55. The first-order chi connectivity index (χ1) is 15.1. The van der Waals surface area contributed by atoms with Crippen LogP contribution in [0.1, 0.15) is 17.2 Å². The molecule has 0 bridgehead atoms. The number of ether oxygens (including phenoxy) is 1. The zero-order valence-corrected chi connectivity index (χ0v) is 17.8. The molecule has 2 aromatic carbocycles. The highest BCUT2D eigenvalue weighted by Crippen LogP contribution is 2.24. The lowest BCUT2D eigenvalue weighted by Crippen LogP contribution is -2.15. The van der Waals surface area contributed by atoms with E-state index in [1.165, 1.54) is 11.8 Å². The number of para-hydroxylation sites is 2. The zero-order valence-electron chi connectivity index (χ0n) is 17.0. The van der Waals surface area contributed by atoms with Gasteiger partial charge in [-0.3, -0.25) is 14.7 Å². The molecule has 0 atom stereocenters. The fourth-order valence-electron chi connectivity index (χ4n) is 2.82. The lowest BCUT2D eigenvalue weighted by atomic mass is 10.2. The number of carbonyl (C=O) groups excluding carboxylic acids is 1. The highest BCUT2D eigenvalue weighted by Gasteiger charge is 2.17. The Morgan fingerprint density at radius 1 is 1.10 bits per heavy atom. The number of nitrogens with one attached hydrogen (secondary N) is 1. The third kappa shape index (κ3) is 5.10. The summed E-state index contributed by atoms with van der Waals surface area (Å²) >= 11 is 1.25. The third-order valence-corrected chi connectivity index (χ3v) is 5.20. The first kappa shape index (κ1) is 20.6. The maximum Gasteiger partial charge on any atom is 0.328 e. The van der Waals surface area contributed by atoms with Gasteiger partial charge in [0.2, 0.25) is 5.91 Å². The molecule has 4 rings (SSSR count). The topological polar surface area (TPSA) is 108 Å². The number of aromatic nitrogens is 5. The Labute approximate surface area is 182 Å². The van der Waals surface area contributed by atoms with Gasteiger partial charge < -0.3 is 9.26 Å². The molecule has 0 radical (unpaired) electrons. The Kier molecular flexibility index (Phi) is 6.27. The first-order valence-corrected chi connectivity index (χ1v) is 10.5. The van der Waals surface area contributed by atoms with Crippen LogP contribution in [-0.2, 0) is 11.4 Å². The van der Waals surface area contributed by atoms with E-state index in [9.17, 15) is 4.79 Å². The van der Waals surface area contributed by atoms with Crippen molar-refractivity contribution >= 4 is 23.7 Å². The lowest BCUT2D eigenvalue weighted by Gasteiger charge is -2.12. The van der Waals surface area contributed by atoms with Crippen molar-refractivity contribution in [2.75, 3.05) is 11.1 Å². The van der Waals surface area contributed by atoms with Crippen LogP contribution in [0.4, 0.5) is 6.01 Å². The van der Waals surface area contributed by atoms with Crippen LogP contribution in [0.5, 0.6) is 5.75 Å². The fraction of sp³-hybridized carbons (Fsp3) is 0.190. The molecule has 31 heavy (non-hydrogen) atoms. The maximum absolute atomic E-state index is 12.3. The number of nitrogens with zero attached hydrogens (tertiary/aromatic N) is 5. The van der Waals surface area contributed by atoms with Crippen molar-refractivity contribution in [3.8, 4) is 11.4 Å². The monoisotopic (exact) mass is 436 g/mol. The van der Waals surface area contributed by atoms with Crippen LogP contribution in [-0.4, -0.2) is 36.6 Å². The van der Waals surface area contributed by atoms with Crippen molar-refractivity contribution in [1.29, 1.82) is 0 Å². The van der Waals surface area contributed by atoms with E-state index in [0.717, 1.165) is 17.0 Å². The standard InChI is InChI=1S/C21H20N6O3S/c1-14-8-6-7-11-17(14)29-12-18-24-25-21(27(18)16-9-4-3-5-10-16)31-13-19(28)23-20-22-15(2)26-30-20/h3-11H,12-13H2,1-2H3,(H,22,23,26,28). The van der Waals surface area contributed by atoms with Gasteiger partial charge in [0.1, 0.15) is 12.4 Å². The summed E-state index contributed by atoms with van der Waals surface area (Å²) in [5, 5.41) is 15.4. The van der Waals surface area contributed by atoms with Crippen molar-refractivity contribution in [2.24, 2.45) is 0 Å². The summed E-state index contributed by atoms with van der Waals surface area (Å²) in [4.78, 5) is 16.2. The van der Waals surface area contributed by atoms with Crippen molar-refractivity contribution in [2.45, 2.75) is 25.6 Å². The number of carbonyl (C=O) groups is 1. The number of hydrogen-bond donors (Lipinski definition) is 1. The van der Waals surface area contributed by atoms with Crippen LogP contribution in [0.15, 0.2) is 64.3 Å². The second kappa shape index (κ2) is 9.43. The Morgan fingerprint density at radius 3 is 2.61 bits per heavy atom. The summed E-state index contributed by atoms with van der Waals surface area (Å²) in [6.07, 6.45) is 0. The molecule has 0 aliphatic carbocycles. The Hall–Kier alpha value is -3.66. The average Bonchev–Trinajstić information content (AvgIpc) is 3.38. The summed E-state index contributed by atoms with van der Waals surface area (Å²) in [5.41, 5.74) is 1.92. The van der Waals surface area contributed by atoms with E-state index < -0.39 is 0 Å². The minimum absolute atomic E-state index is 0.0694. The van der Waals surface area contributed by atoms with Gasteiger partial charge in [0.05, 0.1) is 5.75 Å².